The monoisotopic (exact) mass is 631 g/mol. The predicted molar refractivity (Wildman–Crippen MR) is 155 cm³/mol. The van der Waals surface area contributed by atoms with E-state index in [0.717, 1.165) is 37.2 Å². The number of amides is 2. The Morgan fingerprint density at radius 2 is 1.18 bits per heavy atom. The van der Waals surface area contributed by atoms with Gasteiger partial charge in [0.25, 0.3) is 0 Å². The number of hydrogen-bond acceptors (Lipinski definition) is 4. The lowest BCUT2D eigenvalue weighted by Crippen LogP contribution is -2.57. The maximum Gasteiger partial charge on any atom is 0.338 e. The van der Waals surface area contributed by atoms with Crippen molar-refractivity contribution in [3.63, 3.8) is 0 Å². The molecular weight excluding hydrogens is 613 g/mol. The van der Waals surface area contributed by atoms with Gasteiger partial charge in [-0.2, -0.15) is 0 Å². The summed E-state index contributed by atoms with van der Waals surface area (Å²) in [5, 5.41) is 0. The first-order valence-corrected chi connectivity index (χ1v) is 14.3. The fourth-order valence-corrected chi connectivity index (χ4v) is 7.84. The molecule has 2 bridgehead atoms. The van der Waals surface area contributed by atoms with Crippen molar-refractivity contribution in [2.45, 2.75) is 16.4 Å². The molecule has 1 fully saturated rings. The number of rotatable bonds is 4. The van der Waals surface area contributed by atoms with Crippen molar-refractivity contribution in [3.05, 3.63) is 135 Å². The van der Waals surface area contributed by atoms with Crippen LogP contribution in [0.15, 0.2) is 102 Å². The molecule has 5 nitrogen and oxygen atoms in total. The zero-order valence-corrected chi connectivity index (χ0v) is 23.9. The van der Waals surface area contributed by atoms with Crippen LogP contribution < -0.4 is 4.90 Å². The first kappa shape index (κ1) is 25.5. The van der Waals surface area contributed by atoms with Crippen LogP contribution in [0.1, 0.15) is 38.2 Å². The van der Waals surface area contributed by atoms with Crippen molar-refractivity contribution in [1.29, 1.82) is 0 Å². The molecule has 1 heterocycles. The first-order chi connectivity index (χ1) is 19.3. The minimum Gasteiger partial charge on any atom is -0.457 e. The normalized spacial score (nSPS) is 25.8. The zero-order valence-electron chi connectivity index (χ0n) is 20.8. The lowest BCUT2D eigenvalue weighted by molar-refractivity contribution is -0.122. The van der Waals surface area contributed by atoms with E-state index >= 15 is 0 Å². The molecule has 4 aromatic carbocycles. The van der Waals surface area contributed by atoms with Crippen molar-refractivity contribution in [2.24, 2.45) is 11.8 Å². The fourth-order valence-electron chi connectivity index (χ4n) is 6.48. The number of imide groups is 1. The van der Waals surface area contributed by atoms with E-state index in [1.165, 1.54) is 0 Å². The van der Waals surface area contributed by atoms with E-state index in [1.54, 1.807) is 24.3 Å². The van der Waals surface area contributed by atoms with Gasteiger partial charge in [0.15, 0.2) is 0 Å². The molecule has 8 heteroatoms. The van der Waals surface area contributed by atoms with Gasteiger partial charge in [-0.15, -0.1) is 23.2 Å². The minimum absolute atomic E-state index is 0.122. The molecule has 2 atom stereocenters. The Kier molecular flexibility index (Phi) is 5.76. The van der Waals surface area contributed by atoms with Gasteiger partial charge in [-0.1, -0.05) is 76.6 Å². The van der Waals surface area contributed by atoms with Crippen LogP contribution in [0.2, 0.25) is 0 Å². The molecular formula is C32H20BrCl2NO4. The second-order valence-corrected chi connectivity index (χ2v) is 12.3. The van der Waals surface area contributed by atoms with Gasteiger partial charge in [0.1, 0.15) is 16.4 Å². The molecule has 4 aliphatic rings. The van der Waals surface area contributed by atoms with Crippen molar-refractivity contribution >= 4 is 62.6 Å². The van der Waals surface area contributed by atoms with Gasteiger partial charge in [-0.3, -0.25) is 9.59 Å². The van der Waals surface area contributed by atoms with E-state index in [9.17, 15) is 14.4 Å². The van der Waals surface area contributed by atoms with Gasteiger partial charge >= 0.3 is 5.97 Å². The summed E-state index contributed by atoms with van der Waals surface area (Å²) in [5.74, 6) is -3.11. The number of ether oxygens (including phenoxy) is 1. The third-order valence-electron chi connectivity index (χ3n) is 8.23. The summed E-state index contributed by atoms with van der Waals surface area (Å²) in [6.45, 7) is 0.122. The average Bonchev–Trinajstić information content (AvgIpc) is 3.26. The summed E-state index contributed by atoms with van der Waals surface area (Å²) >= 11 is 18.3. The van der Waals surface area contributed by atoms with Gasteiger partial charge in [0.05, 0.1) is 23.1 Å². The molecule has 198 valence electrons. The smallest absolute Gasteiger partial charge is 0.338 e. The van der Waals surface area contributed by atoms with Crippen LogP contribution in [0.3, 0.4) is 0 Å². The average molecular weight is 633 g/mol. The Labute approximate surface area is 248 Å². The fraction of sp³-hybridized carbons (Fsp3) is 0.156. The lowest BCUT2D eigenvalue weighted by atomic mass is 9.54. The number of carbonyl (C=O) groups is 3. The number of esters is 1. The highest BCUT2D eigenvalue weighted by atomic mass is 79.9. The molecule has 0 radical (unpaired) electrons. The Morgan fingerprint density at radius 1 is 0.725 bits per heavy atom. The van der Waals surface area contributed by atoms with E-state index in [0.29, 0.717) is 11.3 Å². The van der Waals surface area contributed by atoms with Gasteiger partial charge in [0.2, 0.25) is 11.8 Å². The number of benzene rings is 4. The Bertz CT molecular complexity index is 1600. The highest BCUT2D eigenvalue weighted by Crippen LogP contribution is 2.69. The van der Waals surface area contributed by atoms with E-state index in [1.807, 2.05) is 72.8 Å². The SMILES string of the molecule is O=C(OCc1ccc(Br)cc1)c1ccc(N2C(=O)[C@H]3[C@H](C2=O)C2(Cl)c4ccccc4C3(Cl)c3ccccc32)cc1. The molecule has 0 spiro atoms. The largest absolute Gasteiger partial charge is 0.457 e. The van der Waals surface area contributed by atoms with Crippen molar-refractivity contribution in [2.75, 3.05) is 4.90 Å². The lowest BCUT2D eigenvalue weighted by Gasteiger charge is -2.54. The highest BCUT2D eigenvalue weighted by molar-refractivity contribution is 9.10. The summed E-state index contributed by atoms with van der Waals surface area (Å²) in [6, 6.07) is 28.8. The van der Waals surface area contributed by atoms with Crippen LogP contribution in [0.4, 0.5) is 5.69 Å². The maximum absolute atomic E-state index is 14.1. The summed E-state index contributed by atoms with van der Waals surface area (Å²) in [6.07, 6.45) is 0. The Balaban J connectivity index is 1.22. The van der Waals surface area contributed by atoms with Crippen LogP contribution >= 0.6 is 39.1 Å². The van der Waals surface area contributed by atoms with Gasteiger partial charge in [-0.25, -0.2) is 9.69 Å². The Hall–Kier alpha value is -3.45. The number of alkyl halides is 2. The maximum atomic E-state index is 14.1. The molecule has 1 saturated heterocycles. The molecule has 0 saturated carbocycles. The Morgan fingerprint density at radius 3 is 1.62 bits per heavy atom. The molecule has 40 heavy (non-hydrogen) atoms. The molecule has 0 aromatic heterocycles. The van der Waals surface area contributed by atoms with E-state index in [2.05, 4.69) is 15.9 Å². The molecule has 1 aliphatic heterocycles. The number of anilines is 1. The van der Waals surface area contributed by atoms with Crippen molar-refractivity contribution in [3.8, 4) is 0 Å². The molecule has 8 rings (SSSR count). The zero-order chi connectivity index (χ0) is 27.8. The third kappa shape index (κ3) is 3.36. The van der Waals surface area contributed by atoms with E-state index in [-0.39, 0.29) is 6.61 Å². The van der Waals surface area contributed by atoms with Crippen LogP contribution in [0.25, 0.3) is 0 Å². The van der Waals surface area contributed by atoms with Crippen LogP contribution in [0, 0.1) is 11.8 Å². The molecule has 2 amide bonds. The van der Waals surface area contributed by atoms with Gasteiger partial charge in [0, 0.05) is 4.47 Å². The summed E-state index contributed by atoms with van der Waals surface area (Å²) < 4.78 is 6.37. The van der Waals surface area contributed by atoms with Gasteiger partial charge in [-0.05, 0) is 64.2 Å². The third-order valence-corrected chi connectivity index (χ3v) is 10.0. The standard InChI is InChI=1S/C32H20BrCl2NO4/c33-20-13-9-18(10-14-20)17-40-30(39)19-11-15-21(16-12-19)36-28(37)26-27(29(36)38)32(35)23-6-2-1-5-22(23)31(26,34)24-7-3-4-8-25(24)32/h1-16,26-27H,17H2/t26-,27-,31?,32?/m1/s1. The van der Waals surface area contributed by atoms with E-state index < -0.39 is 39.4 Å². The molecule has 0 N–H and O–H groups in total. The highest BCUT2D eigenvalue weighted by Gasteiger charge is 2.73. The summed E-state index contributed by atoms with van der Waals surface area (Å²) in [5.41, 5.74) is 4.50. The number of hydrogen-bond donors (Lipinski definition) is 0. The van der Waals surface area contributed by atoms with Gasteiger partial charge < -0.3 is 4.74 Å². The quantitative estimate of drug-likeness (QED) is 0.139. The first-order valence-electron chi connectivity index (χ1n) is 12.7. The molecule has 4 aromatic rings. The predicted octanol–water partition coefficient (Wildman–Crippen LogP) is 6.90. The second-order valence-electron chi connectivity index (χ2n) is 10.2. The number of nitrogens with zero attached hydrogens (tertiary/aromatic N) is 1. The van der Waals surface area contributed by atoms with Crippen molar-refractivity contribution in [1.82, 2.24) is 0 Å². The molecule has 3 aliphatic carbocycles. The summed E-state index contributed by atoms with van der Waals surface area (Å²) in [7, 11) is 0. The van der Waals surface area contributed by atoms with Crippen LogP contribution in [0.5, 0.6) is 0 Å². The van der Waals surface area contributed by atoms with Crippen molar-refractivity contribution < 1.29 is 19.1 Å². The molecule has 0 unspecified atom stereocenters. The second kappa shape index (κ2) is 9.03. The number of carbonyl (C=O) groups excluding carboxylic acids is 3. The van der Waals surface area contributed by atoms with Crippen LogP contribution in [-0.4, -0.2) is 17.8 Å². The minimum atomic E-state index is -1.24. The number of halogens is 3. The topological polar surface area (TPSA) is 63.7 Å². The van der Waals surface area contributed by atoms with E-state index in [4.69, 9.17) is 27.9 Å². The van der Waals surface area contributed by atoms with Crippen LogP contribution in [-0.2, 0) is 30.7 Å². The summed E-state index contributed by atoms with van der Waals surface area (Å²) in [4.78, 5) is 39.5.